The van der Waals surface area contributed by atoms with E-state index >= 15 is 0 Å². The highest BCUT2D eigenvalue weighted by Gasteiger charge is 2.48. The van der Waals surface area contributed by atoms with Crippen molar-refractivity contribution in [3.63, 3.8) is 0 Å². The molecule has 168 valence electrons. The molecule has 0 bridgehead atoms. The van der Waals surface area contributed by atoms with Crippen molar-refractivity contribution >= 4 is 46.3 Å². The standard InChI is InChI=1S/C25H18Cl2FNO4/c1-13-11-15(33-2)8-9-16(13)23(30)21-22(17-5-3-4-6-20(17)28)29(25(32)24(21)31)14-7-10-18(26)19(27)12-14/h3-12,22,30H,1-2H3/b23-21+. The summed E-state index contributed by atoms with van der Waals surface area (Å²) in [6.07, 6.45) is 0. The fourth-order valence-corrected chi connectivity index (χ4v) is 4.19. The number of aryl methyl sites for hydroxylation is 1. The molecule has 1 N–H and O–H groups in total. The first-order chi connectivity index (χ1) is 15.7. The Morgan fingerprint density at radius 3 is 2.39 bits per heavy atom. The van der Waals surface area contributed by atoms with Gasteiger partial charge in [-0.15, -0.1) is 0 Å². The topological polar surface area (TPSA) is 66.8 Å². The van der Waals surface area contributed by atoms with Crippen LogP contribution in [0.1, 0.15) is 22.7 Å². The Hall–Kier alpha value is -3.35. The molecule has 5 nitrogen and oxygen atoms in total. The molecule has 1 fully saturated rings. The normalized spacial score (nSPS) is 17.5. The summed E-state index contributed by atoms with van der Waals surface area (Å²) in [5.41, 5.74) is 0.995. The summed E-state index contributed by atoms with van der Waals surface area (Å²) in [5, 5.41) is 11.6. The van der Waals surface area contributed by atoms with Gasteiger partial charge in [0, 0.05) is 16.8 Å². The van der Waals surface area contributed by atoms with E-state index in [9.17, 15) is 19.1 Å². The molecule has 0 saturated carbocycles. The van der Waals surface area contributed by atoms with Crippen molar-refractivity contribution in [2.24, 2.45) is 0 Å². The van der Waals surface area contributed by atoms with E-state index in [2.05, 4.69) is 0 Å². The minimum Gasteiger partial charge on any atom is -0.507 e. The minimum atomic E-state index is -1.22. The first-order valence-electron chi connectivity index (χ1n) is 9.90. The molecule has 0 spiro atoms. The van der Waals surface area contributed by atoms with Crippen LogP contribution in [0, 0.1) is 12.7 Å². The summed E-state index contributed by atoms with van der Waals surface area (Å²) in [6, 6.07) is 13.8. The van der Waals surface area contributed by atoms with Crippen molar-refractivity contribution in [2.75, 3.05) is 12.0 Å². The Labute approximate surface area is 199 Å². The lowest BCUT2D eigenvalue weighted by Crippen LogP contribution is -2.29. The Balaban J connectivity index is 1.98. The zero-order chi connectivity index (χ0) is 23.9. The van der Waals surface area contributed by atoms with Gasteiger partial charge < -0.3 is 9.84 Å². The van der Waals surface area contributed by atoms with Crippen molar-refractivity contribution in [1.29, 1.82) is 0 Å². The van der Waals surface area contributed by atoms with E-state index in [-0.39, 0.29) is 26.9 Å². The predicted octanol–water partition coefficient (Wildman–Crippen LogP) is 6.08. The van der Waals surface area contributed by atoms with Crippen molar-refractivity contribution in [1.82, 2.24) is 0 Å². The molecule has 3 aromatic rings. The first-order valence-corrected chi connectivity index (χ1v) is 10.7. The van der Waals surface area contributed by atoms with Crippen LogP contribution < -0.4 is 9.64 Å². The van der Waals surface area contributed by atoms with Gasteiger partial charge in [-0.1, -0.05) is 41.4 Å². The lowest BCUT2D eigenvalue weighted by atomic mass is 9.93. The number of carbonyl (C=O) groups excluding carboxylic acids is 2. The number of carbonyl (C=O) groups is 2. The molecular weight excluding hydrogens is 468 g/mol. The molecular formula is C25H18Cl2FNO4. The Kier molecular flexibility index (Phi) is 6.15. The monoisotopic (exact) mass is 485 g/mol. The molecule has 1 aliphatic heterocycles. The first kappa shape index (κ1) is 22.8. The second-order valence-electron chi connectivity index (χ2n) is 7.47. The number of methoxy groups -OCH3 is 1. The molecule has 1 heterocycles. The Morgan fingerprint density at radius 1 is 1.03 bits per heavy atom. The molecule has 0 aliphatic carbocycles. The SMILES string of the molecule is COc1ccc(/C(O)=C2\C(=O)C(=O)N(c3ccc(Cl)c(Cl)c3)C2c2ccccc2F)c(C)c1. The van der Waals surface area contributed by atoms with Crippen LogP contribution in [-0.2, 0) is 9.59 Å². The van der Waals surface area contributed by atoms with Crippen LogP contribution in [0.25, 0.3) is 5.76 Å². The molecule has 1 atom stereocenters. The number of hydrogen-bond acceptors (Lipinski definition) is 4. The van der Waals surface area contributed by atoms with Gasteiger partial charge in [-0.25, -0.2) is 4.39 Å². The number of aliphatic hydroxyl groups is 1. The fourth-order valence-electron chi connectivity index (χ4n) is 3.90. The van der Waals surface area contributed by atoms with Gasteiger partial charge in [0.05, 0.1) is 28.8 Å². The number of ketones is 1. The molecule has 8 heteroatoms. The van der Waals surface area contributed by atoms with E-state index in [0.29, 0.717) is 16.9 Å². The second-order valence-corrected chi connectivity index (χ2v) is 8.28. The van der Waals surface area contributed by atoms with E-state index in [1.807, 2.05) is 0 Å². The number of amides is 1. The van der Waals surface area contributed by atoms with Crippen molar-refractivity contribution in [3.05, 3.63) is 98.8 Å². The number of anilines is 1. The van der Waals surface area contributed by atoms with Crippen LogP contribution in [0.15, 0.2) is 66.2 Å². The van der Waals surface area contributed by atoms with Gasteiger partial charge in [-0.05, 0) is 55.0 Å². The molecule has 1 saturated heterocycles. The number of aliphatic hydroxyl groups excluding tert-OH is 1. The third-order valence-electron chi connectivity index (χ3n) is 5.51. The van der Waals surface area contributed by atoms with Gasteiger partial charge in [0.1, 0.15) is 17.3 Å². The highest BCUT2D eigenvalue weighted by Crippen LogP contribution is 2.44. The van der Waals surface area contributed by atoms with Crippen molar-refractivity contribution in [3.8, 4) is 5.75 Å². The van der Waals surface area contributed by atoms with Crippen molar-refractivity contribution < 1.29 is 23.8 Å². The zero-order valence-corrected chi connectivity index (χ0v) is 19.1. The molecule has 3 aromatic carbocycles. The Bertz CT molecular complexity index is 1320. The van der Waals surface area contributed by atoms with Gasteiger partial charge in [-0.3, -0.25) is 14.5 Å². The molecule has 1 amide bonds. The summed E-state index contributed by atoms with van der Waals surface area (Å²) in [4.78, 5) is 27.4. The molecule has 33 heavy (non-hydrogen) atoms. The number of rotatable bonds is 4. The number of ether oxygens (including phenoxy) is 1. The highest BCUT2D eigenvalue weighted by atomic mass is 35.5. The summed E-state index contributed by atoms with van der Waals surface area (Å²) in [6.45, 7) is 1.73. The Morgan fingerprint density at radius 2 is 1.76 bits per heavy atom. The molecule has 4 rings (SSSR count). The maximum Gasteiger partial charge on any atom is 0.300 e. The summed E-state index contributed by atoms with van der Waals surface area (Å²) in [7, 11) is 1.51. The predicted molar refractivity (Wildman–Crippen MR) is 125 cm³/mol. The largest absolute Gasteiger partial charge is 0.507 e. The average Bonchev–Trinajstić information content (AvgIpc) is 3.06. The van der Waals surface area contributed by atoms with E-state index < -0.39 is 29.3 Å². The third-order valence-corrected chi connectivity index (χ3v) is 6.25. The van der Waals surface area contributed by atoms with E-state index in [1.165, 1.54) is 43.5 Å². The smallest absolute Gasteiger partial charge is 0.300 e. The number of halogens is 3. The number of hydrogen-bond donors (Lipinski definition) is 1. The van der Waals surface area contributed by atoms with Gasteiger partial charge in [-0.2, -0.15) is 0 Å². The number of Topliss-reactive ketones (excluding diaryl/α,β-unsaturated/α-hetero) is 1. The lowest BCUT2D eigenvalue weighted by molar-refractivity contribution is -0.132. The number of nitrogens with zero attached hydrogens (tertiary/aromatic N) is 1. The number of benzene rings is 3. The van der Waals surface area contributed by atoms with Crippen LogP contribution in [-0.4, -0.2) is 23.9 Å². The van der Waals surface area contributed by atoms with E-state index in [4.69, 9.17) is 27.9 Å². The van der Waals surface area contributed by atoms with Crippen LogP contribution in [0.3, 0.4) is 0 Å². The second kappa shape index (κ2) is 8.89. The van der Waals surface area contributed by atoms with Gasteiger partial charge in [0.15, 0.2) is 0 Å². The maximum atomic E-state index is 14.9. The summed E-state index contributed by atoms with van der Waals surface area (Å²) in [5.74, 6) is -2.35. The third kappa shape index (κ3) is 3.96. The molecule has 1 aliphatic rings. The van der Waals surface area contributed by atoms with Crippen molar-refractivity contribution in [2.45, 2.75) is 13.0 Å². The van der Waals surface area contributed by atoms with Gasteiger partial charge >= 0.3 is 0 Å². The van der Waals surface area contributed by atoms with Crippen LogP contribution in [0.2, 0.25) is 10.0 Å². The lowest BCUT2D eigenvalue weighted by Gasteiger charge is -2.26. The quantitative estimate of drug-likeness (QED) is 0.276. The highest BCUT2D eigenvalue weighted by molar-refractivity contribution is 6.52. The van der Waals surface area contributed by atoms with Gasteiger partial charge in [0.25, 0.3) is 11.7 Å². The fraction of sp³-hybridized carbons (Fsp3) is 0.120. The summed E-state index contributed by atoms with van der Waals surface area (Å²) >= 11 is 12.2. The molecule has 0 radical (unpaired) electrons. The van der Waals surface area contributed by atoms with E-state index in [1.54, 1.807) is 31.2 Å². The zero-order valence-electron chi connectivity index (χ0n) is 17.6. The van der Waals surface area contributed by atoms with Crippen LogP contribution in [0.5, 0.6) is 5.75 Å². The average molecular weight is 486 g/mol. The van der Waals surface area contributed by atoms with Crippen LogP contribution >= 0.6 is 23.2 Å². The summed E-state index contributed by atoms with van der Waals surface area (Å²) < 4.78 is 20.1. The van der Waals surface area contributed by atoms with Crippen LogP contribution in [0.4, 0.5) is 10.1 Å². The van der Waals surface area contributed by atoms with E-state index in [0.717, 1.165) is 4.90 Å². The minimum absolute atomic E-state index is 0.0514. The molecule has 1 unspecified atom stereocenters. The molecule has 0 aromatic heterocycles. The maximum absolute atomic E-state index is 14.9. The van der Waals surface area contributed by atoms with Gasteiger partial charge in [0.2, 0.25) is 0 Å².